The van der Waals surface area contributed by atoms with Crippen molar-refractivity contribution in [3.8, 4) is 0 Å². The van der Waals surface area contributed by atoms with Gasteiger partial charge in [0.1, 0.15) is 6.54 Å². The van der Waals surface area contributed by atoms with Crippen LogP contribution in [0.2, 0.25) is 0 Å². The van der Waals surface area contributed by atoms with Gasteiger partial charge < -0.3 is 19.1 Å². The van der Waals surface area contributed by atoms with Crippen LogP contribution in [0.15, 0.2) is 36.5 Å². The van der Waals surface area contributed by atoms with Crippen LogP contribution < -0.4 is 5.11 Å². The van der Waals surface area contributed by atoms with Gasteiger partial charge in [-0.2, -0.15) is 0 Å². The molecule has 0 radical (unpaired) electrons. The maximum atomic E-state index is 11.9. The number of quaternary nitrogens is 1. The van der Waals surface area contributed by atoms with E-state index in [9.17, 15) is 14.7 Å². The van der Waals surface area contributed by atoms with E-state index in [1.54, 1.807) is 0 Å². The molecule has 0 amide bonds. The number of esters is 1. The van der Waals surface area contributed by atoms with E-state index in [0.29, 0.717) is 17.4 Å². The fourth-order valence-corrected chi connectivity index (χ4v) is 2.19. The third kappa shape index (κ3) is 16.8. The summed E-state index contributed by atoms with van der Waals surface area (Å²) in [5.74, 6) is -1.59. The molecule has 0 aliphatic heterocycles. The molecule has 0 aromatic carbocycles. The van der Waals surface area contributed by atoms with E-state index in [4.69, 9.17) is 4.74 Å². The second-order valence-corrected chi connectivity index (χ2v) is 7.08. The van der Waals surface area contributed by atoms with Gasteiger partial charge in [0.15, 0.2) is 6.10 Å². The molecule has 0 fully saturated rings. The number of carboxylic acid groups (broad SMARTS) is 1. The molecule has 0 aromatic rings. The van der Waals surface area contributed by atoms with Crippen LogP contribution in [0.25, 0.3) is 0 Å². The molecule has 1 unspecified atom stereocenters. The average molecular weight is 351 g/mol. The predicted molar refractivity (Wildman–Crippen MR) is 98.6 cm³/mol. The molecule has 0 spiro atoms. The molecule has 0 rings (SSSR count). The Morgan fingerprint density at radius 1 is 1.04 bits per heavy atom. The number of aliphatic carboxylic acids is 1. The number of likely N-dealkylation sites (N-methyl/N-ethyl adjacent to an activating group) is 1. The topological polar surface area (TPSA) is 66.4 Å². The lowest BCUT2D eigenvalue weighted by Crippen LogP contribution is -2.45. The Kier molecular flexibility index (Phi) is 12.4. The predicted octanol–water partition coefficient (Wildman–Crippen LogP) is 2.38. The normalized spacial score (nSPS) is 13.8. The Hall–Kier alpha value is -1.88. The van der Waals surface area contributed by atoms with Gasteiger partial charge in [-0.3, -0.25) is 4.79 Å². The minimum absolute atomic E-state index is 0.234. The third-order valence-corrected chi connectivity index (χ3v) is 3.29. The number of ether oxygens (including phenoxy) is 1. The molecule has 5 nitrogen and oxygen atoms in total. The van der Waals surface area contributed by atoms with E-state index in [-0.39, 0.29) is 18.8 Å². The monoisotopic (exact) mass is 351 g/mol. The summed E-state index contributed by atoms with van der Waals surface area (Å²) in [5, 5.41) is 10.8. The fourth-order valence-electron chi connectivity index (χ4n) is 2.19. The maximum absolute atomic E-state index is 11.9. The zero-order chi connectivity index (χ0) is 19.1. The summed E-state index contributed by atoms with van der Waals surface area (Å²) in [6.45, 7) is 2.60. The highest BCUT2D eigenvalue weighted by atomic mass is 16.5. The second-order valence-electron chi connectivity index (χ2n) is 7.08. The summed E-state index contributed by atoms with van der Waals surface area (Å²) in [6.07, 6.45) is 15.2. The SMILES string of the molecule is CCCC/C=C/C=C/C=C/CCC(=O)OC(CC(=O)[O-])C[N+](C)(C)C. The van der Waals surface area contributed by atoms with E-state index in [1.165, 1.54) is 12.8 Å². The van der Waals surface area contributed by atoms with Crippen molar-refractivity contribution in [1.82, 2.24) is 0 Å². The van der Waals surface area contributed by atoms with Gasteiger partial charge in [0, 0.05) is 18.8 Å². The molecule has 5 heteroatoms. The zero-order valence-corrected chi connectivity index (χ0v) is 16.1. The van der Waals surface area contributed by atoms with Gasteiger partial charge in [0.2, 0.25) is 0 Å². The van der Waals surface area contributed by atoms with Crippen molar-refractivity contribution in [2.24, 2.45) is 0 Å². The molecule has 0 saturated carbocycles. The van der Waals surface area contributed by atoms with Crippen LogP contribution in [-0.4, -0.2) is 50.2 Å². The van der Waals surface area contributed by atoms with Crippen molar-refractivity contribution < 1.29 is 23.9 Å². The highest BCUT2D eigenvalue weighted by Crippen LogP contribution is 2.07. The van der Waals surface area contributed by atoms with Crippen LogP contribution in [0.3, 0.4) is 0 Å². The van der Waals surface area contributed by atoms with Crippen LogP contribution in [-0.2, 0) is 14.3 Å². The molecule has 25 heavy (non-hydrogen) atoms. The van der Waals surface area contributed by atoms with Crippen molar-refractivity contribution in [3.05, 3.63) is 36.5 Å². The van der Waals surface area contributed by atoms with Crippen LogP contribution >= 0.6 is 0 Å². The number of hydrogen-bond acceptors (Lipinski definition) is 4. The molecule has 0 bridgehead atoms. The van der Waals surface area contributed by atoms with Gasteiger partial charge in [-0.05, 0) is 12.8 Å². The zero-order valence-electron chi connectivity index (χ0n) is 16.1. The number of allylic oxidation sites excluding steroid dienone is 6. The standard InChI is InChI=1S/C20H33NO4/c1-5-6-7-8-9-10-11-12-13-14-15-20(24)25-18(16-19(22)23)17-21(2,3)4/h8-13,18H,5-7,14-17H2,1-4H3/b9-8+,11-10+,13-12+. The number of carbonyl (C=O) groups is 2. The van der Waals surface area contributed by atoms with Crippen LogP contribution in [0, 0.1) is 0 Å². The van der Waals surface area contributed by atoms with Crippen molar-refractivity contribution in [2.45, 2.75) is 51.6 Å². The summed E-state index contributed by atoms with van der Waals surface area (Å²) >= 11 is 0. The minimum Gasteiger partial charge on any atom is -0.550 e. The van der Waals surface area contributed by atoms with E-state index in [1.807, 2.05) is 51.5 Å². The van der Waals surface area contributed by atoms with Gasteiger partial charge in [-0.15, -0.1) is 0 Å². The minimum atomic E-state index is -1.21. The largest absolute Gasteiger partial charge is 0.550 e. The van der Waals surface area contributed by atoms with Gasteiger partial charge in [-0.25, -0.2) is 0 Å². The van der Waals surface area contributed by atoms with Crippen molar-refractivity contribution in [2.75, 3.05) is 27.7 Å². The summed E-state index contributed by atoms with van der Waals surface area (Å²) < 4.78 is 5.80. The molecular formula is C20H33NO4. The molecular weight excluding hydrogens is 318 g/mol. The van der Waals surface area contributed by atoms with Crippen LogP contribution in [0.1, 0.15) is 45.4 Å². The van der Waals surface area contributed by atoms with E-state index >= 15 is 0 Å². The Labute approximate surface area is 152 Å². The van der Waals surface area contributed by atoms with Crippen molar-refractivity contribution in [1.29, 1.82) is 0 Å². The van der Waals surface area contributed by atoms with Crippen LogP contribution in [0.5, 0.6) is 0 Å². The van der Waals surface area contributed by atoms with Gasteiger partial charge in [-0.1, -0.05) is 56.2 Å². The van der Waals surface area contributed by atoms with Gasteiger partial charge in [0.05, 0.1) is 21.1 Å². The lowest BCUT2D eigenvalue weighted by molar-refractivity contribution is -0.873. The molecule has 0 aliphatic carbocycles. The molecule has 0 aromatic heterocycles. The molecule has 0 heterocycles. The highest BCUT2D eigenvalue weighted by molar-refractivity contribution is 5.71. The first-order valence-corrected chi connectivity index (χ1v) is 8.92. The number of unbranched alkanes of at least 4 members (excludes halogenated alkanes) is 2. The third-order valence-electron chi connectivity index (χ3n) is 3.29. The fraction of sp³-hybridized carbons (Fsp3) is 0.600. The van der Waals surface area contributed by atoms with Crippen molar-refractivity contribution >= 4 is 11.9 Å². The van der Waals surface area contributed by atoms with Crippen molar-refractivity contribution in [3.63, 3.8) is 0 Å². The summed E-state index contributed by atoms with van der Waals surface area (Å²) in [5.41, 5.74) is 0. The first-order valence-electron chi connectivity index (χ1n) is 8.92. The highest BCUT2D eigenvalue weighted by Gasteiger charge is 2.22. The Morgan fingerprint density at radius 3 is 2.16 bits per heavy atom. The maximum Gasteiger partial charge on any atom is 0.306 e. The summed E-state index contributed by atoms with van der Waals surface area (Å²) in [6, 6.07) is 0. The molecule has 0 N–H and O–H groups in total. The number of nitrogens with zero attached hydrogens (tertiary/aromatic N) is 1. The molecule has 0 aliphatic rings. The van der Waals surface area contributed by atoms with Crippen LogP contribution in [0.4, 0.5) is 0 Å². The first kappa shape index (κ1) is 23.1. The summed E-state index contributed by atoms with van der Waals surface area (Å²) in [7, 11) is 5.76. The smallest absolute Gasteiger partial charge is 0.306 e. The van der Waals surface area contributed by atoms with E-state index in [0.717, 1.165) is 6.42 Å². The number of carbonyl (C=O) groups excluding carboxylic acids is 2. The summed E-state index contributed by atoms with van der Waals surface area (Å²) in [4.78, 5) is 22.6. The molecule has 0 saturated heterocycles. The van der Waals surface area contributed by atoms with E-state index < -0.39 is 12.1 Å². The van der Waals surface area contributed by atoms with Gasteiger partial charge in [0.25, 0.3) is 0 Å². The van der Waals surface area contributed by atoms with Gasteiger partial charge >= 0.3 is 5.97 Å². The Morgan fingerprint density at radius 2 is 1.64 bits per heavy atom. The van der Waals surface area contributed by atoms with E-state index in [2.05, 4.69) is 13.0 Å². The Balaban J connectivity index is 4.13. The number of hydrogen-bond donors (Lipinski definition) is 0. The average Bonchev–Trinajstić information content (AvgIpc) is 2.46. The second kappa shape index (κ2) is 13.4. The Bertz CT molecular complexity index is 473. The lowest BCUT2D eigenvalue weighted by Gasteiger charge is -2.29. The number of carboxylic acids is 1. The molecule has 142 valence electrons. The molecule has 1 atom stereocenters. The first-order chi connectivity index (χ1) is 11.7. The lowest BCUT2D eigenvalue weighted by atomic mass is 10.2. The quantitative estimate of drug-likeness (QED) is 0.221. The number of rotatable bonds is 13.